The highest BCUT2D eigenvalue weighted by Crippen LogP contribution is 2.47. The van der Waals surface area contributed by atoms with Crippen LogP contribution in [0.1, 0.15) is 42.9 Å². The summed E-state index contributed by atoms with van der Waals surface area (Å²) in [6.45, 7) is 3.22. The molecule has 1 fully saturated rings. The Morgan fingerprint density at radius 3 is 2.44 bits per heavy atom. The van der Waals surface area contributed by atoms with Crippen LogP contribution in [0.3, 0.4) is 0 Å². The van der Waals surface area contributed by atoms with E-state index in [1.54, 1.807) is 13.8 Å². The van der Waals surface area contributed by atoms with Crippen LogP contribution in [0.15, 0.2) is 12.4 Å². The largest absolute Gasteiger partial charge is 0.291 e. The molecule has 1 aromatic heterocycles. The van der Waals surface area contributed by atoms with Gasteiger partial charge in [-0.1, -0.05) is 0 Å². The van der Waals surface area contributed by atoms with Gasteiger partial charge in [-0.15, -0.1) is 0 Å². The van der Waals surface area contributed by atoms with E-state index in [0.717, 1.165) is 12.8 Å². The van der Waals surface area contributed by atoms with E-state index in [-0.39, 0.29) is 23.1 Å². The Morgan fingerprint density at radius 2 is 1.83 bits per heavy atom. The molecule has 1 saturated carbocycles. The summed E-state index contributed by atoms with van der Waals surface area (Å²) in [5, 5.41) is -0.920. The van der Waals surface area contributed by atoms with E-state index in [2.05, 4.69) is 9.97 Å². The Hall–Kier alpha value is -1.30. The second-order valence-electron chi connectivity index (χ2n) is 5.43. The fraction of sp³-hybridized carbons (Fsp3) is 0.583. The first-order valence-electron chi connectivity index (χ1n) is 5.96. The quantitative estimate of drug-likeness (QED) is 0.760. The van der Waals surface area contributed by atoms with Gasteiger partial charge in [-0.3, -0.25) is 9.78 Å². The van der Waals surface area contributed by atoms with Crippen LogP contribution < -0.4 is 0 Å². The summed E-state index contributed by atoms with van der Waals surface area (Å²) in [6.07, 6.45) is 4.48. The van der Waals surface area contributed by atoms with Gasteiger partial charge in [-0.2, -0.15) is 0 Å². The highest BCUT2D eigenvalue weighted by molar-refractivity contribution is 7.93. The molecule has 1 atom stereocenters. The average molecular weight is 266 g/mol. The second kappa shape index (κ2) is 3.38. The van der Waals surface area contributed by atoms with Crippen molar-refractivity contribution in [1.29, 1.82) is 0 Å². The Balaban J connectivity index is 2.29. The minimum absolute atomic E-state index is 0.0306. The van der Waals surface area contributed by atoms with Crippen molar-refractivity contribution in [3.63, 3.8) is 0 Å². The van der Waals surface area contributed by atoms with Crippen molar-refractivity contribution in [3.8, 4) is 0 Å². The number of sulfone groups is 1. The topological polar surface area (TPSA) is 77.0 Å². The summed E-state index contributed by atoms with van der Waals surface area (Å²) >= 11 is 0. The summed E-state index contributed by atoms with van der Waals surface area (Å²) < 4.78 is 24.1. The smallest absolute Gasteiger partial charge is 0.201 e. The first-order valence-corrected chi connectivity index (χ1v) is 7.51. The average Bonchev–Trinajstić information content (AvgIpc) is 3.11. The van der Waals surface area contributed by atoms with Gasteiger partial charge in [0.2, 0.25) is 5.78 Å². The fourth-order valence-electron chi connectivity index (χ4n) is 2.55. The molecule has 0 aromatic carbocycles. The van der Waals surface area contributed by atoms with Gasteiger partial charge in [-0.25, -0.2) is 13.4 Å². The molecule has 1 aliphatic heterocycles. The van der Waals surface area contributed by atoms with Crippen molar-refractivity contribution < 1.29 is 13.2 Å². The third-order valence-electron chi connectivity index (χ3n) is 3.86. The van der Waals surface area contributed by atoms with Crippen molar-refractivity contribution in [2.24, 2.45) is 5.92 Å². The fourth-order valence-corrected chi connectivity index (χ4v) is 4.78. The molecule has 5 nitrogen and oxygen atoms in total. The second-order valence-corrected chi connectivity index (χ2v) is 8.05. The maximum atomic E-state index is 12.6. The lowest BCUT2D eigenvalue weighted by Gasteiger charge is -2.34. The minimum Gasteiger partial charge on any atom is -0.291 e. The Morgan fingerprint density at radius 1 is 1.22 bits per heavy atom. The lowest BCUT2D eigenvalue weighted by molar-refractivity contribution is 0.0967. The Bertz CT molecular complexity index is 632. The van der Waals surface area contributed by atoms with Gasteiger partial charge in [0.1, 0.15) is 15.7 Å². The Labute approximate surface area is 106 Å². The van der Waals surface area contributed by atoms with Crippen LogP contribution in [0.5, 0.6) is 0 Å². The SMILES string of the molecule is CC1(C)c2nccnc2C(=O)C(C2CC2)S1(=O)=O. The molecule has 1 unspecified atom stereocenters. The highest BCUT2D eigenvalue weighted by Gasteiger charge is 2.57. The van der Waals surface area contributed by atoms with E-state index < -0.39 is 19.8 Å². The van der Waals surface area contributed by atoms with Crippen LogP contribution in [0.4, 0.5) is 0 Å². The van der Waals surface area contributed by atoms with E-state index in [9.17, 15) is 13.2 Å². The van der Waals surface area contributed by atoms with Gasteiger partial charge in [0.25, 0.3) is 0 Å². The Kier molecular flexibility index (Phi) is 2.21. The summed E-state index contributed by atoms with van der Waals surface area (Å²) in [7, 11) is -3.55. The molecule has 18 heavy (non-hydrogen) atoms. The number of fused-ring (bicyclic) bond motifs is 1. The number of Topliss-reactive ketones (excluding diaryl/α,β-unsaturated/α-hetero) is 1. The number of hydrogen-bond acceptors (Lipinski definition) is 5. The molecule has 1 aromatic rings. The predicted molar refractivity (Wildman–Crippen MR) is 64.8 cm³/mol. The molecule has 0 N–H and O–H groups in total. The molecule has 6 heteroatoms. The number of carbonyl (C=O) groups is 1. The van der Waals surface area contributed by atoms with Crippen LogP contribution in [-0.4, -0.2) is 29.4 Å². The first kappa shape index (κ1) is 11.8. The number of ketones is 1. The molecule has 2 heterocycles. The zero-order valence-corrected chi connectivity index (χ0v) is 11.1. The zero-order chi connectivity index (χ0) is 13.1. The van der Waals surface area contributed by atoms with Crippen LogP contribution in [0, 0.1) is 5.92 Å². The van der Waals surface area contributed by atoms with Gasteiger partial charge < -0.3 is 0 Å². The van der Waals surface area contributed by atoms with E-state index >= 15 is 0 Å². The maximum Gasteiger partial charge on any atom is 0.201 e. The predicted octanol–water partition coefficient (Wildman–Crippen LogP) is 1.10. The van der Waals surface area contributed by atoms with Crippen molar-refractivity contribution in [2.75, 3.05) is 0 Å². The summed E-state index contributed by atoms with van der Waals surface area (Å²) in [4.78, 5) is 20.4. The number of hydrogen-bond donors (Lipinski definition) is 0. The first-order chi connectivity index (χ1) is 8.37. The van der Waals surface area contributed by atoms with Gasteiger partial charge in [0.15, 0.2) is 9.84 Å². The highest BCUT2D eigenvalue weighted by atomic mass is 32.2. The third-order valence-corrected chi connectivity index (χ3v) is 6.74. The van der Waals surface area contributed by atoms with Crippen LogP contribution >= 0.6 is 0 Å². The molecule has 0 radical (unpaired) electrons. The van der Waals surface area contributed by atoms with Crippen molar-refractivity contribution >= 4 is 15.6 Å². The van der Waals surface area contributed by atoms with Gasteiger partial charge >= 0.3 is 0 Å². The van der Waals surface area contributed by atoms with Crippen molar-refractivity contribution in [1.82, 2.24) is 9.97 Å². The molecular formula is C12H14N2O3S. The number of carbonyl (C=O) groups excluding carboxylic acids is 1. The third kappa shape index (κ3) is 1.32. The summed E-state index contributed by atoms with van der Waals surface area (Å²) in [5.74, 6) is -0.406. The molecule has 1 aliphatic carbocycles. The van der Waals surface area contributed by atoms with Crippen molar-refractivity contribution in [3.05, 3.63) is 23.8 Å². The van der Waals surface area contributed by atoms with Crippen molar-refractivity contribution in [2.45, 2.75) is 36.7 Å². The zero-order valence-electron chi connectivity index (χ0n) is 10.3. The van der Waals surface area contributed by atoms with E-state index in [1.807, 2.05) is 0 Å². The minimum atomic E-state index is -3.55. The van der Waals surface area contributed by atoms with Gasteiger partial charge in [0.05, 0.1) is 5.69 Å². The lowest BCUT2D eigenvalue weighted by Crippen LogP contribution is -2.49. The molecule has 2 aliphatic rings. The van der Waals surface area contributed by atoms with E-state index in [1.165, 1.54) is 12.4 Å². The van der Waals surface area contributed by atoms with Crippen LogP contribution in [0.25, 0.3) is 0 Å². The normalized spacial score (nSPS) is 28.8. The molecular weight excluding hydrogens is 252 g/mol. The number of nitrogens with zero attached hydrogens (tertiary/aromatic N) is 2. The molecule has 0 bridgehead atoms. The van der Waals surface area contributed by atoms with E-state index in [4.69, 9.17) is 0 Å². The van der Waals surface area contributed by atoms with Crippen LogP contribution in [0.2, 0.25) is 0 Å². The molecule has 0 saturated heterocycles. The maximum absolute atomic E-state index is 12.6. The standard InChI is InChI=1S/C12H14N2O3S/c1-12(2)11-8(13-5-6-14-11)9(15)10(7-3-4-7)18(12,16)17/h5-7,10H,3-4H2,1-2H3. The molecule has 3 rings (SSSR count). The lowest BCUT2D eigenvalue weighted by atomic mass is 10.00. The number of aromatic nitrogens is 2. The molecule has 0 amide bonds. The summed E-state index contributed by atoms with van der Waals surface area (Å²) in [5.41, 5.74) is 0.515. The summed E-state index contributed by atoms with van der Waals surface area (Å²) in [6, 6.07) is 0. The van der Waals surface area contributed by atoms with Gasteiger partial charge in [-0.05, 0) is 32.6 Å². The van der Waals surface area contributed by atoms with E-state index in [0.29, 0.717) is 0 Å². The van der Waals surface area contributed by atoms with Crippen LogP contribution in [-0.2, 0) is 14.6 Å². The molecule has 96 valence electrons. The monoisotopic (exact) mass is 266 g/mol. The molecule has 0 spiro atoms. The number of rotatable bonds is 1. The van der Waals surface area contributed by atoms with Gasteiger partial charge in [0, 0.05) is 12.4 Å².